The fourth-order valence-corrected chi connectivity index (χ4v) is 4.47. The molecule has 0 unspecified atom stereocenters. The molecule has 0 radical (unpaired) electrons. The average Bonchev–Trinajstić information content (AvgIpc) is 2.83. The Labute approximate surface area is 186 Å². The molecular formula is C24H26N2O4S. The lowest BCUT2D eigenvalue weighted by atomic mass is 10.0. The first-order valence-electron chi connectivity index (χ1n) is 10.3. The minimum Gasteiger partial charge on any atom is -0.618 e. The highest BCUT2D eigenvalue weighted by atomic mass is 32.2. The summed E-state index contributed by atoms with van der Waals surface area (Å²) >= 11 is 1.48. The first-order valence-corrected chi connectivity index (χ1v) is 11.3. The number of aliphatic hydroxyl groups is 1. The monoisotopic (exact) mass is 438 g/mol. The van der Waals surface area contributed by atoms with Gasteiger partial charge in [-0.05, 0) is 22.8 Å². The number of ether oxygens (including phenoxy) is 2. The third-order valence-corrected chi connectivity index (χ3v) is 6.46. The van der Waals surface area contributed by atoms with Crippen molar-refractivity contribution in [2.24, 2.45) is 5.73 Å². The van der Waals surface area contributed by atoms with E-state index in [9.17, 15) is 10.3 Å². The van der Waals surface area contributed by atoms with E-state index in [0.29, 0.717) is 23.7 Å². The Balaban J connectivity index is 1.53. The van der Waals surface area contributed by atoms with Crippen molar-refractivity contribution in [3.63, 3.8) is 0 Å². The molecule has 4 rings (SSSR count). The van der Waals surface area contributed by atoms with Crippen LogP contribution in [-0.4, -0.2) is 17.0 Å². The summed E-state index contributed by atoms with van der Waals surface area (Å²) in [5.41, 5.74) is 9.60. The minimum atomic E-state index is -0.510. The van der Waals surface area contributed by atoms with Gasteiger partial charge in [-0.25, -0.2) is 0 Å². The van der Waals surface area contributed by atoms with Crippen molar-refractivity contribution < 1.29 is 19.3 Å². The lowest BCUT2D eigenvalue weighted by molar-refractivity contribution is -0.645. The topological polar surface area (TPSA) is 91.7 Å². The van der Waals surface area contributed by atoms with Crippen LogP contribution in [0, 0.1) is 5.21 Å². The number of hydrogen-bond acceptors (Lipinski definition) is 6. The quantitative estimate of drug-likeness (QED) is 0.333. The van der Waals surface area contributed by atoms with E-state index in [1.807, 2.05) is 60.7 Å². The van der Waals surface area contributed by atoms with Crippen molar-refractivity contribution in [3.8, 4) is 0 Å². The molecule has 1 aromatic heterocycles. The van der Waals surface area contributed by atoms with Crippen LogP contribution in [0.3, 0.4) is 0 Å². The number of nitrogens with two attached hydrogens (primary N) is 1. The molecule has 2 heterocycles. The molecule has 6 nitrogen and oxygen atoms in total. The molecule has 1 aliphatic rings. The number of rotatable bonds is 7. The van der Waals surface area contributed by atoms with Gasteiger partial charge < -0.3 is 25.5 Å². The Morgan fingerprint density at radius 3 is 2.35 bits per heavy atom. The van der Waals surface area contributed by atoms with E-state index in [1.165, 1.54) is 18.0 Å². The highest BCUT2D eigenvalue weighted by Gasteiger charge is 2.32. The summed E-state index contributed by atoms with van der Waals surface area (Å²) in [4.78, 5) is 0. The summed E-state index contributed by atoms with van der Waals surface area (Å²) in [6.45, 7) is 0.495. The molecule has 0 bridgehead atoms. The number of benzene rings is 2. The van der Waals surface area contributed by atoms with Crippen LogP contribution in [0.1, 0.15) is 41.1 Å². The van der Waals surface area contributed by atoms with E-state index in [2.05, 4.69) is 0 Å². The molecule has 31 heavy (non-hydrogen) atoms. The maximum Gasteiger partial charge on any atom is 0.251 e. The van der Waals surface area contributed by atoms with Gasteiger partial charge in [0.2, 0.25) is 0 Å². The standard InChI is InChI=1S/C24H26N2O4S/c25-14-17-4-10-20(11-5-17)24-29-21(16-31-23-3-1-2-12-26(23)28)13-22(30-24)19-8-6-18(15-27)7-9-19/h1-12,21-22,24,27H,13-16,25H2/t21-,22+,24+/m0/s1. The van der Waals surface area contributed by atoms with E-state index in [1.54, 1.807) is 6.07 Å². The summed E-state index contributed by atoms with van der Waals surface area (Å²) < 4.78 is 13.5. The summed E-state index contributed by atoms with van der Waals surface area (Å²) in [6, 6.07) is 21.1. The molecule has 0 amide bonds. The van der Waals surface area contributed by atoms with Crippen molar-refractivity contribution in [1.29, 1.82) is 0 Å². The third-order valence-electron chi connectivity index (χ3n) is 5.31. The van der Waals surface area contributed by atoms with Crippen molar-refractivity contribution in [1.82, 2.24) is 0 Å². The summed E-state index contributed by atoms with van der Waals surface area (Å²) in [7, 11) is 0. The van der Waals surface area contributed by atoms with Crippen molar-refractivity contribution in [3.05, 3.63) is 100 Å². The van der Waals surface area contributed by atoms with Gasteiger partial charge in [0.05, 0.1) is 18.8 Å². The second-order valence-electron chi connectivity index (χ2n) is 7.47. The van der Waals surface area contributed by atoms with E-state index < -0.39 is 6.29 Å². The molecule has 1 saturated heterocycles. The van der Waals surface area contributed by atoms with E-state index in [4.69, 9.17) is 15.2 Å². The van der Waals surface area contributed by atoms with Gasteiger partial charge in [-0.3, -0.25) is 0 Å². The Hall–Kier alpha value is -2.42. The predicted molar refractivity (Wildman–Crippen MR) is 119 cm³/mol. The fraction of sp³-hybridized carbons (Fsp3) is 0.292. The van der Waals surface area contributed by atoms with Crippen LogP contribution < -0.4 is 10.5 Å². The Morgan fingerprint density at radius 2 is 1.68 bits per heavy atom. The molecule has 3 aromatic rings. The molecule has 3 atom stereocenters. The van der Waals surface area contributed by atoms with Gasteiger partial charge in [-0.2, -0.15) is 4.73 Å². The lowest BCUT2D eigenvalue weighted by Gasteiger charge is -2.36. The van der Waals surface area contributed by atoms with E-state index in [0.717, 1.165) is 27.0 Å². The number of aliphatic hydroxyl groups excluding tert-OH is 1. The van der Waals surface area contributed by atoms with Crippen LogP contribution in [0.4, 0.5) is 0 Å². The van der Waals surface area contributed by atoms with Gasteiger partial charge in [-0.1, -0.05) is 60.3 Å². The normalized spacial score (nSPS) is 21.2. The smallest absolute Gasteiger partial charge is 0.251 e. The van der Waals surface area contributed by atoms with Crippen LogP contribution in [0.25, 0.3) is 0 Å². The van der Waals surface area contributed by atoms with Crippen LogP contribution >= 0.6 is 11.8 Å². The fourth-order valence-electron chi connectivity index (χ4n) is 3.54. The van der Waals surface area contributed by atoms with Gasteiger partial charge in [0.1, 0.15) is 0 Å². The SMILES string of the molecule is NCc1ccc([C@@H]2O[C@H](CSc3cccc[n+]3[O-])C[C@H](c3ccc(CO)cc3)O2)cc1. The van der Waals surface area contributed by atoms with Crippen LogP contribution in [0.15, 0.2) is 78.0 Å². The Kier molecular flexibility index (Phi) is 7.21. The second kappa shape index (κ2) is 10.3. The molecule has 162 valence electrons. The Morgan fingerprint density at radius 1 is 0.968 bits per heavy atom. The first kappa shape index (κ1) is 21.8. The molecule has 0 saturated carbocycles. The van der Waals surface area contributed by atoms with Crippen LogP contribution in [-0.2, 0) is 22.6 Å². The maximum absolute atomic E-state index is 12.0. The Bertz CT molecular complexity index is 926. The molecule has 1 fully saturated rings. The highest BCUT2D eigenvalue weighted by molar-refractivity contribution is 7.99. The zero-order valence-corrected chi connectivity index (χ0v) is 17.9. The third kappa shape index (κ3) is 5.44. The van der Waals surface area contributed by atoms with Gasteiger partial charge in [-0.15, -0.1) is 0 Å². The highest BCUT2D eigenvalue weighted by Crippen LogP contribution is 2.39. The largest absolute Gasteiger partial charge is 0.618 e. The van der Waals surface area contributed by atoms with E-state index in [-0.39, 0.29) is 18.8 Å². The minimum absolute atomic E-state index is 0.0105. The van der Waals surface area contributed by atoms with E-state index >= 15 is 0 Å². The van der Waals surface area contributed by atoms with Gasteiger partial charge in [0, 0.05) is 36.4 Å². The molecule has 0 aliphatic carbocycles. The molecule has 1 aliphatic heterocycles. The number of pyridine rings is 1. The maximum atomic E-state index is 12.0. The van der Waals surface area contributed by atoms with Crippen LogP contribution in [0.2, 0.25) is 0 Å². The molecule has 3 N–H and O–H groups in total. The molecule has 7 heteroatoms. The van der Waals surface area contributed by atoms with Crippen molar-refractivity contribution in [2.75, 3.05) is 5.75 Å². The predicted octanol–water partition coefficient (Wildman–Crippen LogP) is 3.61. The lowest BCUT2D eigenvalue weighted by Crippen LogP contribution is -2.32. The zero-order valence-electron chi connectivity index (χ0n) is 17.1. The average molecular weight is 439 g/mol. The second-order valence-corrected chi connectivity index (χ2v) is 8.51. The number of nitrogens with zero attached hydrogens (tertiary/aromatic N) is 1. The van der Waals surface area contributed by atoms with Crippen molar-refractivity contribution >= 4 is 11.8 Å². The summed E-state index contributed by atoms with van der Waals surface area (Å²) in [5, 5.41) is 22.0. The van der Waals surface area contributed by atoms with Crippen LogP contribution in [0.5, 0.6) is 0 Å². The molecule has 0 spiro atoms. The molecular weight excluding hydrogens is 412 g/mol. The summed E-state index contributed by atoms with van der Waals surface area (Å²) in [6.07, 6.45) is 1.42. The zero-order chi connectivity index (χ0) is 21.6. The summed E-state index contributed by atoms with van der Waals surface area (Å²) in [5.74, 6) is 0.637. The number of hydrogen-bond donors (Lipinski definition) is 2. The van der Waals surface area contributed by atoms with Gasteiger partial charge >= 0.3 is 0 Å². The van der Waals surface area contributed by atoms with Gasteiger partial charge in [0.25, 0.3) is 5.03 Å². The number of aromatic nitrogens is 1. The van der Waals surface area contributed by atoms with Crippen molar-refractivity contribution in [2.45, 2.75) is 43.1 Å². The molecule has 2 aromatic carbocycles. The number of thioether (sulfide) groups is 1. The first-order chi connectivity index (χ1) is 15.2. The van der Waals surface area contributed by atoms with Gasteiger partial charge in [0.15, 0.2) is 12.5 Å².